The second-order valence-electron chi connectivity index (χ2n) is 6.40. The number of β-amino-alcohol motifs (C(OH)–C–C–N with tert-alkyl or cyclic N) is 1. The monoisotopic (exact) mass is 430 g/mol. The topological polar surface area (TPSA) is 70.1 Å². The molecule has 9 heteroatoms. The Kier molecular flexibility index (Phi) is 7.27. The largest absolute Gasteiger partial charge is 0.389 e. The van der Waals surface area contributed by atoms with E-state index in [9.17, 15) is 13.5 Å². The summed E-state index contributed by atoms with van der Waals surface area (Å²) in [5, 5.41) is 12.6. The SMILES string of the molecule is O=S(=O)(c1cccs1)N1CCN(CC(O)COCc2ccccc2Cl)CC1. The number of rotatable bonds is 8. The zero-order chi connectivity index (χ0) is 19.3. The van der Waals surface area contributed by atoms with E-state index in [1.54, 1.807) is 23.6 Å². The van der Waals surface area contributed by atoms with E-state index in [0.29, 0.717) is 48.6 Å². The highest BCUT2D eigenvalue weighted by Gasteiger charge is 2.29. The lowest BCUT2D eigenvalue weighted by molar-refractivity contribution is 0.00541. The fourth-order valence-electron chi connectivity index (χ4n) is 2.96. The van der Waals surface area contributed by atoms with Gasteiger partial charge in [0.15, 0.2) is 0 Å². The number of aliphatic hydroxyl groups is 1. The van der Waals surface area contributed by atoms with Gasteiger partial charge in [0.2, 0.25) is 0 Å². The van der Waals surface area contributed by atoms with Crippen molar-refractivity contribution in [2.24, 2.45) is 0 Å². The quantitative estimate of drug-likeness (QED) is 0.695. The number of ether oxygens (including phenoxy) is 1. The molecule has 1 aliphatic heterocycles. The summed E-state index contributed by atoms with van der Waals surface area (Å²) in [6.45, 7) is 3.04. The van der Waals surface area contributed by atoms with Crippen molar-refractivity contribution in [3.05, 3.63) is 52.4 Å². The number of thiophene rings is 1. The first-order chi connectivity index (χ1) is 13.0. The van der Waals surface area contributed by atoms with Gasteiger partial charge < -0.3 is 9.84 Å². The number of halogens is 1. The van der Waals surface area contributed by atoms with Crippen LogP contribution in [0.5, 0.6) is 0 Å². The lowest BCUT2D eigenvalue weighted by Gasteiger charge is -2.34. The Hall–Kier alpha value is -1.00. The van der Waals surface area contributed by atoms with Gasteiger partial charge >= 0.3 is 0 Å². The number of hydrogen-bond donors (Lipinski definition) is 1. The molecule has 1 unspecified atom stereocenters. The summed E-state index contributed by atoms with van der Waals surface area (Å²) in [5.74, 6) is 0. The lowest BCUT2D eigenvalue weighted by atomic mass is 10.2. The van der Waals surface area contributed by atoms with Crippen molar-refractivity contribution in [3.63, 3.8) is 0 Å². The smallest absolute Gasteiger partial charge is 0.252 e. The van der Waals surface area contributed by atoms with Crippen LogP contribution in [0.4, 0.5) is 0 Å². The van der Waals surface area contributed by atoms with Crippen molar-refractivity contribution in [1.82, 2.24) is 9.21 Å². The van der Waals surface area contributed by atoms with E-state index in [2.05, 4.69) is 4.90 Å². The molecule has 1 atom stereocenters. The van der Waals surface area contributed by atoms with Crippen molar-refractivity contribution in [1.29, 1.82) is 0 Å². The van der Waals surface area contributed by atoms with Gasteiger partial charge in [-0.2, -0.15) is 4.31 Å². The minimum absolute atomic E-state index is 0.207. The van der Waals surface area contributed by atoms with Gasteiger partial charge in [0.1, 0.15) is 4.21 Å². The second-order valence-corrected chi connectivity index (χ2v) is 9.92. The van der Waals surface area contributed by atoms with Gasteiger partial charge in [-0.25, -0.2) is 8.42 Å². The van der Waals surface area contributed by atoms with Crippen LogP contribution in [-0.4, -0.2) is 68.2 Å². The number of nitrogens with zero attached hydrogens (tertiary/aromatic N) is 2. The third kappa shape index (κ3) is 5.51. The first-order valence-electron chi connectivity index (χ1n) is 8.72. The first kappa shape index (κ1) is 20.7. The predicted octanol–water partition coefficient (Wildman–Crippen LogP) is 2.29. The molecule has 3 rings (SSSR count). The van der Waals surface area contributed by atoms with E-state index in [1.165, 1.54) is 15.6 Å². The summed E-state index contributed by atoms with van der Waals surface area (Å²) in [6.07, 6.45) is -0.632. The average Bonchev–Trinajstić information content (AvgIpc) is 3.19. The van der Waals surface area contributed by atoms with Gasteiger partial charge in [0.05, 0.1) is 19.3 Å². The number of aliphatic hydroxyl groups excluding tert-OH is 1. The van der Waals surface area contributed by atoms with Crippen LogP contribution < -0.4 is 0 Å². The van der Waals surface area contributed by atoms with Crippen LogP contribution in [0.1, 0.15) is 5.56 Å². The Bertz CT molecular complexity index is 822. The standard InChI is InChI=1S/C18H23ClN2O4S2/c19-17-5-2-1-4-15(17)13-25-14-16(22)12-20-7-9-21(10-8-20)27(23,24)18-6-3-11-26-18/h1-6,11,16,22H,7-10,12-14H2. The Balaban J connectivity index is 1.40. The number of sulfonamides is 1. The lowest BCUT2D eigenvalue weighted by Crippen LogP contribution is -2.50. The van der Waals surface area contributed by atoms with Crippen LogP contribution in [0, 0.1) is 0 Å². The molecule has 1 N–H and O–H groups in total. The van der Waals surface area contributed by atoms with E-state index in [-0.39, 0.29) is 6.61 Å². The van der Waals surface area contributed by atoms with E-state index < -0.39 is 16.1 Å². The van der Waals surface area contributed by atoms with E-state index in [1.807, 2.05) is 18.2 Å². The summed E-state index contributed by atoms with van der Waals surface area (Å²) in [4.78, 5) is 2.06. The number of benzene rings is 1. The summed E-state index contributed by atoms with van der Waals surface area (Å²) in [6, 6.07) is 10.8. The molecule has 0 radical (unpaired) electrons. The van der Waals surface area contributed by atoms with Crippen LogP contribution in [0.2, 0.25) is 5.02 Å². The summed E-state index contributed by atoms with van der Waals surface area (Å²) >= 11 is 7.31. The van der Waals surface area contributed by atoms with Gasteiger partial charge in [0.25, 0.3) is 10.0 Å². The maximum absolute atomic E-state index is 12.5. The van der Waals surface area contributed by atoms with Crippen molar-refractivity contribution in [2.45, 2.75) is 16.9 Å². The number of piperazine rings is 1. The van der Waals surface area contributed by atoms with Crippen molar-refractivity contribution >= 4 is 33.0 Å². The molecule has 1 saturated heterocycles. The molecule has 0 spiro atoms. The van der Waals surface area contributed by atoms with Gasteiger partial charge in [-0.1, -0.05) is 35.9 Å². The molecule has 27 heavy (non-hydrogen) atoms. The molecule has 2 heterocycles. The van der Waals surface area contributed by atoms with Crippen LogP contribution in [0.15, 0.2) is 46.0 Å². The predicted molar refractivity (Wildman–Crippen MR) is 107 cm³/mol. The molecule has 0 saturated carbocycles. The molecule has 1 aromatic carbocycles. The van der Waals surface area contributed by atoms with Gasteiger partial charge in [0, 0.05) is 37.7 Å². The van der Waals surface area contributed by atoms with Gasteiger partial charge in [-0.05, 0) is 23.1 Å². The molecule has 1 fully saturated rings. The molecule has 0 amide bonds. The zero-order valence-electron chi connectivity index (χ0n) is 14.8. The minimum Gasteiger partial charge on any atom is -0.389 e. The molecule has 6 nitrogen and oxygen atoms in total. The fraction of sp³-hybridized carbons (Fsp3) is 0.444. The van der Waals surface area contributed by atoms with Crippen molar-refractivity contribution in [3.8, 4) is 0 Å². The maximum Gasteiger partial charge on any atom is 0.252 e. The van der Waals surface area contributed by atoms with Crippen molar-refractivity contribution < 1.29 is 18.3 Å². The highest BCUT2D eigenvalue weighted by atomic mass is 35.5. The highest BCUT2D eigenvalue weighted by Crippen LogP contribution is 2.22. The van der Waals surface area contributed by atoms with Gasteiger partial charge in [-0.3, -0.25) is 4.90 Å². The second kappa shape index (κ2) is 9.47. The Morgan fingerprint density at radius 3 is 2.56 bits per heavy atom. The van der Waals surface area contributed by atoms with Crippen LogP contribution in [-0.2, 0) is 21.4 Å². The van der Waals surface area contributed by atoms with Crippen molar-refractivity contribution in [2.75, 3.05) is 39.3 Å². The van der Waals surface area contributed by atoms with E-state index >= 15 is 0 Å². The first-order valence-corrected chi connectivity index (χ1v) is 11.4. The van der Waals surface area contributed by atoms with Crippen LogP contribution in [0.3, 0.4) is 0 Å². The minimum atomic E-state index is -3.39. The molecule has 148 valence electrons. The van der Waals surface area contributed by atoms with E-state index in [4.69, 9.17) is 16.3 Å². The third-order valence-electron chi connectivity index (χ3n) is 4.42. The third-order valence-corrected chi connectivity index (χ3v) is 8.06. The molecule has 0 aliphatic carbocycles. The maximum atomic E-state index is 12.5. The van der Waals surface area contributed by atoms with Crippen LogP contribution in [0.25, 0.3) is 0 Å². The molecular formula is C18H23ClN2O4S2. The highest BCUT2D eigenvalue weighted by molar-refractivity contribution is 7.91. The molecule has 0 bridgehead atoms. The normalized spacial score (nSPS) is 17.9. The Morgan fingerprint density at radius 1 is 1.15 bits per heavy atom. The van der Waals surface area contributed by atoms with E-state index in [0.717, 1.165) is 5.56 Å². The Morgan fingerprint density at radius 2 is 1.89 bits per heavy atom. The van der Waals surface area contributed by atoms with Crippen LogP contribution >= 0.6 is 22.9 Å². The molecule has 1 aromatic heterocycles. The molecular weight excluding hydrogens is 408 g/mol. The average molecular weight is 431 g/mol. The summed E-state index contributed by atoms with van der Waals surface area (Å²) < 4.78 is 32.5. The number of hydrogen-bond acceptors (Lipinski definition) is 6. The fourth-order valence-corrected chi connectivity index (χ4v) is 5.72. The molecule has 2 aromatic rings. The molecule has 1 aliphatic rings. The summed E-state index contributed by atoms with van der Waals surface area (Å²) in [7, 11) is -3.39. The summed E-state index contributed by atoms with van der Waals surface area (Å²) in [5.41, 5.74) is 0.888. The zero-order valence-corrected chi connectivity index (χ0v) is 17.2. The van der Waals surface area contributed by atoms with Gasteiger partial charge in [-0.15, -0.1) is 11.3 Å². The Labute approximate surface area is 169 Å².